The summed E-state index contributed by atoms with van der Waals surface area (Å²) in [6, 6.07) is 19.2. The van der Waals surface area contributed by atoms with Crippen LogP contribution < -0.4 is 10.6 Å². The second-order valence-electron chi connectivity index (χ2n) is 9.51. The highest BCUT2D eigenvalue weighted by atomic mass is 16.2. The van der Waals surface area contributed by atoms with Crippen molar-refractivity contribution in [2.24, 2.45) is 0 Å². The minimum absolute atomic E-state index is 0.0929. The van der Waals surface area contributed by atoms with E-state index in [0.717, 1.165) is 33.5 Å². The Hall–Kier alpha value is -4.90. The van der Waals surface area contributed by atoms with Gasteiger partial charge in [-0.1, -0.05) is 24.3 Å². The van der Waals surface area contributed by atoms with Crippen LogP contribution in [0.2, 0.25) is 0 Å². The molecule has 5 rings (SSSR count). The first-order valence-corrected chi connectivity index (χ1v) is 11.8. The molecular weight excluding hydrogens is 464 g/mol. The lowest BCUT2D eigenvalue weighted by Gasteiger charge is -2.15. The van der Waals surface area contributed by atoms with Crippen molar-refractivity contribution in [3.05, 3.63) is 89.5 Å². The average Bonchev–Trinajstić information content (AvgIpc) is 3.30. The van der Waals surface area contributed by atoms with Gasteiger partial charge in [-0.15, -0.1) is 0 Å². The number of rotatable bonds is 5. The zero-order valence-corrected chi connectivity index (χ0v) is 20.7. The normalized spacial score (nSPS) is 12.4. The van der Waals surface area contributed by atoms with E-state index in [4.69, 9.17) is 0 Å². The number of benzene rings is 2. The van der Waals surface area contributed by atoms with E-state index in [0.29, 0.717) is 22.8 Å². The molecule has 37 heavy (non-hydrogen) atoms. The Labute approximate surface area is 214 Å². The van der Waals surface area contributed by atoms with Crippen LogP contribution in [0.15, 0.2) is 67.1 Å². The Bertz CT molecular complexity index is 1600. The molecule has 4 aromatic rings. The van der Waals surface area contributed by atoms with Crippen molar-refractivity contribution in [2.45, 2.75) is 32.6 Å². The summed E-state index contributed by atoms with van der Waals surface area (Å²) in [6.07, 6.45) is 3.25. The van der Waals surface area contributed by atoms with Crippen LogP contribution in [-0.4, -0.2) is 26.8 Å². The van der Waals surface area contributed by atoms with E-state index in [1.807, 2.05) is 49.4 Å². The molecule has 2 aromatic heterocycles. The third-order valence-electron chi connectivity index (χ3n) is 6.42. The first-order chi connectivity index (χ1) is 17.7. The molecule has 0 atom stereocenters. The minimum atomic E-state index is -0.800. The molecule has 1 aliphatic heterocycles. The van der Waals surface area contributed by atoms with Gasteiger partial charge in [-0.3, -0.25) is 14.6 Å². The summed E-state index contributed by atoms with van der Waals surface area (Å²) in [5.74, 6) is 0.179. The number of hydrogen-bond donors (Lipinski definition) is 2. The summed E-state index contributed by atoms with van der Waals surface area (Å²) in [7, 11) is 0. The molecule has 0 bridgehead atoms. The SMILES string of the molecule is Cc1ccc(NC(=O)c2ccnc(C(C)(C)C#N)c2)cc1-c1cccc(-c2ncnc3c2CC(=O)N3)c1. The predicted molar refractivity (Wildman–Crippen MR) is 141 cm³/mol. The fourth-order valence-electron chi connectivity index (χ4n) is 4.29. The number of amides is 2. The Kier molecular flexibility index (Phi) is 5.98. The monoisotopic (exact) mass is 488 g/mol. The molecule has 0 radical (unpaired) electrons. The third kappa shape index (κ3) is 4.67. The summed E-state index contributed by atoms with van der Waals surface area (Å²) in [5, 5.41) is 15.1. The number of fused-ring (bicyclic) bond motifs is 1. The van der Waals surface area contributed by atoms with Gasteiger partial charge in [-0.2, -0.15) is 5.26 Å². The molecule has 8 nitrogen and oxygen atoms in total. The van der Waals surface area contributed by atoms with E-state index < -0.39 is 5.41 Å². The zero-order valence-electron chi connectivity index (χ0n) is 20.7. The van der Waals surface area contributed by atoms with Gasteiger partial charge in [0.2, 0.25) is 5.91 Å². The highest BCUT2D eigenvalue weighted by Crippen LogP contribution is 2.34. The van der Waals surface area contributed by atoms with E-state index >= 15 is 0 Å². The van der Waals surface area contributed by atoms with Crippen LogP contribution in [-0.2, 0) is 16.6 Å². The Morgan fingerprint density at radius 2 is 1.86 bits per heavy atom. The summed E-state index contributed by atoms with van der Waals surface area (Å²) in [4.78, 5) is 37.8. The van der Waals surface area contributed by atoms with Crippen molar-refractivity contribution < 1.29 is 9.59 Å². The number of nitrogens with one attached hydrogen (secondary N) is 2. The second-order valence-corrected chi connectivity index (χ2v) is 9.51. The number of carbonyl (C=O) groups is 2. The number of pyridine rings is 1. The molecular formula is C29H24N6O2. The van der Waals surface area contributed by atoms with Crippen molar-refractivity contribution in [1.82, 2.24) is 15.0 Å². The Balaban J connectivity index is 1.45. The summed E-state index contributed by atoms with van der Waals surface area (Å²) in [6.45, 7) is 5.54. The molecule has 0 fully saturated rings. The van der Waals surface area contributed by atoms with Crippen LogP contribution in [0, 0.1) is 18.3 Å². The maximum Gasteiger partial charge on any atom is 0.255 e. The van der Waals surface area contributed by atoms with E-state index in [9.17, 15) is 14.9 Å². The molecule has 0 unspecified atom stereocenters. The van der Waals surface area contributed by atoms with Gasteiger partial charge in [-0.05, 0) is 67.8 Å². The average molecular weight is 489 g/mol. The van der Waals surface area contributed by atoms with E-state index in [-0.39, 0.29) is 18.2 Å². The highest BCUT2D eigenvalue weighted by molar-refractivity contribution is 6.04. The van der Waals surface area contributed by atoms with Gasteiger partial charge in [0.1, 0.15) is 12.1 Å². The van der Waals surface area contributed by atoms with E-state index in [1.54, 1.807) is 32.2 Å². The van der Waals surface area contributed by atoms with Crippen LogP contribution in [0.4, 0.5) is 11.5 Å². The molecule has 0 aliphatic carbocycles. The number of nitrogens with zero attached hydrogens (tertiary/aromatic N) is 4. The summed E-state index contributed by atoms with van der Waals surface area (Å²) < 4.78 is 0. The minimum Gasteiger partial charge on any atom is -0.322 e. The third-order valence-corrected chi connectivity index (χ3v) is 6.42. The molecule has 0 spiro atoms. The van der Waals surface area contributed by atoms with Crippen molar-refractivity contribution in [3.8, 4) is 28.5 Å². The smallest absolute Gasteiger partial charge is 0.255 e. The van der Waals surface area contributed by atoms with Crippen LogP contribution >= 0.6 is 0 Å². The number of aryl methyl sites for hydroxylation is 1. The van der Waals surface area contributed by atoms with Gasteiger partial charge < -0.3 is 10.6 Å². The lowest BCUT2D eigenvalue weighted by Crippen LogP contribution is -2.18. The van der Waals surface area contributed by atoms with Gasteiger partial charge in [0.25, 0.3) is 5.91 Å². The Morgan fingerprint density at radius 1 is 1.05 bits per heavy atom. The molecule has 1 aliphatic rings. The van der Waals surface area contributed by atoms with Crippen molar-refractivity contribution in [3.63, 3.8) is 0 Å². The van der Waals surface area contributed by atoms with Crippen LogP contribution in [0.25, 0.3) is 22.4 Å². The first-order valence-electron chi connectivity index (χ1n) is 11.8. The molecule has 2 N–H and O–H groups in total. The van der Waals surface area contributed by atoms with Gasteiger partial charge >= 0.3 is 0 Å². The summed E-state index contributed by atoms with van der Waals surface area (Å²) in [5.41, 5.74) is 6.17. The summed E-state index contributed by atoms with van der Waals surface area (Å²) >= 11 is 0. The largest absolute Gasteiger partial charge is 0.322 e. The van der Waals surface area contributed by atoms with Crippen LogP contribution in [0.1, 0.15) is 41.0 Å². The lowest BCUT2D eigenvalue weighted by atomic mass is 9.90. The number of carbonyl (C=O) groups excluding carboxylic acids is 2. The van der Waals surface area contributed by atoms with Crippen molar-refractivity contribution in [2.75, 3.05) is 10.6 Å². The lowest BCUT2D eigenvalue weighted by molar-refractivity contribution is -0.115. The number of aromatic nitrogens is 3. The number of nitriles is 1. The van der Waals surface area contributed by atoms with E-state index in [2.05, 4.69) is 31.7 Å². The fourth-order valence-corrected chi connectivity index (χ4v) is 4.29. The van der Waals surface area contributed by atoms with Crippen molar-refractivity contribution in [1.29, 1.82) is 5.26 Å². The maximum atomic E-state index is 13.0. The van der Waals surface area contributed by atoms with Crippen LogP contribution in [0.5, 0.6) is 0 Å². The molecule has 2 amide bonds. The molecule has 0 saturated heterocycles. The molecule has 2 aromatic carbocycles. The maximum absolute atomic E-state index is 13.0. The van der Waals surface area contributed by atoms with Gasteiger partial charge in [0.05, 0.1) is 29.3 Å². The fraction of sp³-hybridized carbons (Fsp3) is 0.172. The van der Waals surface area contributed by atoms with Gasteiger partial charge in [-0.25, -0.2) is 9.97 Å². The Morgan fingerprint density at radius 3 is 2.68 bits per heavy atom. The molecule has 3 heterocycles. The molecule has 0 saturated carbocycles. The number of anilines is 2. The quantitative estimate of drug-likeness (QED) is 0.405. The first kappa shape index (κ1) is 23.8. The molecule has 8 heteroatoms. The zero-order chi connectivity index (χ0) is 26.2. The van der Waals surface area contributed by atoms with Gasteiger partial charge in [0.15, 0.2) is 0 Å². The van der Waals surface area contributed by atoms with Crippen molar-refractivity contribution >= 4 is 23.3 Å². The topological polar surface area (TPSA) is 121 Å². The standard InChI is InChI=1S/C29H24N6O2/c1-17-7-8-21(34-28(37)20-9-10-31-24(12-20)29(2,3)15-30)13-22(17)18-5-4-6-19(11-18)26-23-14-25(36)35-27(23)33-16-32-26/h4-13,16H,14H2,1-3H3,(H,34,37)(H,32,33,35,36). The second kappa shape index (κ2) is 9.28. The van der Waals surface area contributed by atoms with Gasteiger partial charge in [0, 0.05) is 28.6 Å². The molecule has 182 valence electrons. The van der Waals surface area contributed by atoms with Crippen LogP contribution in [0.3, 0.4) is 0 Å². The number of hydrogen-bond acceptors (Lipinski definition) is 6. The highest BCUT2D eigenvalue weighted by Gasteiger charge is 2.24. The van der Waals surface area contributed by atoms with E-state index in [1.165, 1.54) is 6.33 Å². The predicted octanol–water partition coefficient (Wildman–Crippen LogP) is 5.06.